The Labute approximate surface area is 364 Å². The summed E-state index contributed by atoms with van der Waals surface area (Å²) in [5.41, 5.74) is 13.3. The van der Waals surface area contributed by atoms with Crippen molar-refractivity contribution < 1.29 is 13.2 Å². The Morgan fingerprint density at radius 3 is 1.33 bits per heavy atom. The maximum Gasteiger partial charge on any atom is 0.417 e. The molecule has 8 aromatic carbocycles. The SMILES string of the molecule is Cc1ccc(-c2ccc3c4ccc(-c5ccc(C)cc5C)cc4n(-c4cc(-c5ccccc5C(F)(F)F)ccc4-c4nc(-c5ccccc5)nc(-c5ccccc5)n4)c3c2)c(C)c1. The first-order valence-corrected chi connectivity index (χ1v) is 20.9. The fourth-order valence-electron chi connectivity index (χ4n) is 8.87. The number of halogens is 3. The highest BCUT2D eigenvalue weighted by atomic mass is 19.4. The second-order valence-corrected chi connectivity index (χ2v) is 16.2. The van der Waals surface area contributed by atoms with Crippen molar-refractivity contribution >= 4 is 21.8 Å². The van der Waals surface area contributed by atoms with Gasteiger partial charge in [-0.1, -0.05) is 157 Å². The number of hydrogen-bond acceptors (Lipinski definition) is 3. The molecule has 0 aliphatic rings. The van der Waals surface area contributed by atoms with Crippen molar-refractivity contribution in [2.45, 2.75) is 33.9 Å². The van der Waals surface area contributed by atoms with Crippen LogP contribution in [-0.2, 0) is 6.18 Å². The molecular formula is C56H41F3N4. The number of fused-ring (bicyclic) bond motifs is 3. The van der Waals surface area contributed by atoms with Crippen molar-refractivity contribution in [1.29, 1.82) is 0 Å². The molecule has 0 aliphatic heterocycles. The monoisotopic (exact) mass is 826 g/mol. The predicted octanol–water partition coefficient (Wildman–Crippen LogP) is 15.2. The molecule has 10 rings (SSSR count). The van der Waals surface area contributed by atoms with Crippen LogP contribution in [0.5, 0.6) is 0 Å². The Kier molecular flexibility index (Phi) is 9.83. The molecule has 0 saturated carbocycles. The van der Waals surface area contributed by atoms with E-state index in [4.69, 9.17) is 15.0 Å². The van der Waals surface area contributed by atoms with Gasteiger partial charge in [0, 0.05) is 27.5 Å². The number of rotatable bonds is 7. The molecule has 0 atom stereocenters. The third kappa shape index (κ3) is 7.35. The molecule has 0 N–H and O–H groups in total. The molecule has 0 spiro atoms. The highest BCUT2D eigenvalue weighted by Crippen LogP contribution is 2.43. The molecule has 0 unspecified atom stereocenters. The summed E-state index contributed by atoms with van der Waals surface area (Å²) in [6.07, 6.45) is -4.58. The molecule has 0 aliphatic carbocycles. The molecule has 0 bridgehead atoms. The molecule has 2 aromatic heterocycles. The van der Waals surface area contributed by atoms with Gasteiger partial charge in [0.1, 0.15) is 0 Å². The van der Waals surface area contributed by atoms with E-state index in [0.29, 0.717) is 34.3 Å². The van der Waals surface area contributed by atoms with E-state index >= 15 is 0 Å². The zero-order valence-electron chi connectivity index (χ0n) is 35.2. The molecule has 4 nitrogen and oxygen atoms in total. The third-order valence-corrected chi connectivity index (χ3v) is 11.9. The Bertz CT molecular complexity index is 3200. The number of aryl methyl sites for hydroxylation is 4. The number of alkyl halides is 3. The van der Waals surface area contributed by atoms with Crippen molar-refractivity contribution in [3.05, 3.63) is 204 Å². The molecule has 0 saturated heterocycles. The van der Waals surface area contributed by atoms with Gasteiger partial charge in [-0.25, -0.2) is 15.0 Å². The molecule has 63 heavy (non-hydrogen) atoms. The maximum absolute atomic E-state index is 14.8. The van der Waals surface area contributed by atoms with E-state index < -0.39 is 11.7 Å². The fraction of sp³-hybridized carbons (Fsp3) is 0.0893. The molecule has 306 valence electrons. The highest BCUT2D eigenvalue weighted by Gasteiger charge is 2.33. The minimum absolute atomic E-state index is 0.0797. The first-order chi connectivity index (χ1) is 30.5. The summed E-state index contributed by atoms with van der Waals surface area (Å²) in [7, 11) is 0. The van der Waals surface area contributed by atoms with E-state index in [-0.39, 0.29) is 5.56 Å². The summed E-state index contributed by atoms with van der Waals surface area (Å²) >= 11 is 0. The van der Waals surface area contributed by atoms with Crippen LogP contribution in [0.25, 0.3) is 95.0 Å². The van der Waals surface area contributed by atoms with Gasteiger partial charge in [0.2, 0.25) is 0 Å². The Balaban J connectivity index is 1.33. The van der Waals surface area contributed by atoms with Crippen molar-refractivity contribution in [3.63, 3.8) is 0 Å². The maximum atomic E-state index is 14.8. The second kappa shape index (κ2) is 15.7. The standard InChI is InChI=1S/C56H41F3N4/c1-34-19-24-43(36(3)29-34)40-21-26-46-47-27-22-41(44-25-20-35(2)30-37(44)4)32-51(47)63(50(46)31-40)52-33-42(45-17-11-12-18-49(45)56(57,58)59)23-28-48(52)55-61-53(38-13-7-5-8-14-38)60-54(62-55)39-15-9-6-10-16-39/h5-33H,1-4H3. The molecule has 0 amide bonds. The van der Waals surface area contributed by atoms with E-state index in [0.717, 1.165) is 72.4 Å². The minimum atomic E-state index is -4.58. The topological polar surface area (TPSA) is 43.6 Å². The molecular weight excluding hydrogens is 786 g/mol. The fourth-order valence-corrected chi connectivity index (χ4v) is 8.87. The van der Waals surface area contributed by atoms with Crippen LogP contribution >= 0.6 is 0 Å². The smallest absolute Gasteiger partial charge is 0.308 e. The Hall–Kier alpha value is -7.64. The van der Waals surface area contributed by atoms with Gasteiger partial charge >= 0.3 is 6.18 Å². The van der Waals surface area contributed by atoms with E-state index in [9.17, 15) is 13.2 Å². The summed E-state index contributed by atoms with van der Waals surface area (Å²) in [6.45, 7) is 8.41. The Morgan fingerprint density at radius 2 is 0.825 bits per heavy atom. The lowest BCUT2D eigenvalue weighted by atomic mass is 9.96. The summed E-state index contributed by atoms with van der Waals surface area (Å²) in [6, 6.07) is 56.6. The predicted molar refractivity (Wildman–Crippen MR) is 251 cm³/mol. The Morgan fingerprint density at radius 1 is 0.381 bits per heavy atom. The van der Waals surface area contributed by atoms with E-state index in [2.05, 4.69) is 105 Å². The normalized spacial score (nSPS) is 11.7. The molecule has 2 heterocycles. The number of nitrogens with zero attached hydrogens (tertiary/aromatic N) is 4. The van der Waals surface area contributed by atoms with Crippen molar-refractivity contribution in [3.8, 4) is 73.2 Å². The van der Waals surface area contributed by atoms with Crippen LogP contribution in [0.4, 0.5) is 13.2 Å². The van der Waals surface area contributed by atoms with Crippen molar-refractivity contribution in [2.75, 3.05) is 0 Å². The zero-order valence-corrected chi connectivity index (χ0v) is 35.2. The average Bonchev–Trinajstić information content (AvgIpc) is 3.61. The summed E-state index contributed by atoms with van der Waals surface area (Å²) < 4.78 is 46.5. The van der Waals surface area contributed by atoms with Crippen LogP contribution in [0, 0.1) is 27.7 Å². The summed E-state index contributed by atoms with van der Waals surface area (Å²) in [5.74, 6) is 1.35. The van der Waals surface area contributed by atoms with Gasteiger partial charge in [-0.15, -0.1) is 0 Å². The first kappa shape index (κ1) is 39.5. The van der Waals surface area contributed by atoms with Gasteiger partial charge in [-0.05, 0) is 103 Å². The van der Waals surface area contributed by atoms with E-state index in [1.54, 1.807) is 12.1 Å². The number of benzene rings is 8. The number of hydrogen-bond donors (Lipinski definition) is 0. The third-order valence-electron chi connectivity index (χ3n) is 11.9. The summed E-state index contributed by atoms with van der Waals surface area (Å²) in [4.78, 5) is 15.2. The van der Waals surface area contributed by atoms with Gasteiger partial charge in [0.25, 0.3) is 0 Å². The van der Waals surface area contributed by atoms with Crippen LogP contribution in [0.1, 0.15) is 27.8 Å². The van der Waals surface area contributed by atoms with Crippen molar-refractivity contribution in [1.82, 2.24) is 19.5 Å². The van der Waals surface area contributed by atoms with Gasteiger partial charge in [-0.3, -0.25) is 0 Å². The van der Waals surface area contributed by atoms with Crippen LogP contribution < -0.4 is 0 Å². The van der Waals surface area contributed by atoms with E-state index in [1.165, 1.54) is 23.3 Å². The molecule has 0 fully saturated rings. The van der Waals surface area contributed by atoms with Crippen LogP contribution in [0.15, 0.2) is 176 Å². The molecule has 0 radical (unpaired) electrons. The second-order valence-electron chi connectivity index (χ2n) is 16.2. The first-order valence-electron chi connectivity index (χ1n) is 20.9. The average molecular weight is 827 g/mol. The lowest BCUT2D eigenvalue weighted by Crippen LogP contribution is -2.07. The highest BCUT2D eigenvalue weighted by molar-refractivity contribution is 6.12. The van der Waals surface area contributed by atoms with Crippen LogP contribution in [0.2, 0.25) is 0 Å². The largest absolute Gasteiger partial charge is 0.417 e. The van der Waals surface area contributed by atoms with Gasteiger partial charge in [0.15, 0.2) is 17.5 Å². The van der Waals surface area contributed by atoms with Gasteiger partial charge < -0.3 is 4.57 Å². The molecule has 7 heteroatoms. The van der Waals surface area contributed by atoms with Crippen molar-refractivity contribution in [2.24, 2.45) is 0 Å². The minimum Gasteiger partial charge on any atom is -0.308 e. The van der Waals surface area contributed by atoms with E-state index in [1.807, 2.05) is 72.8 Å². The lowest BCUT2D eigenvalue weighted by Gasteiger charge is -2.18. The van der Waals surface area contributed by atoms with Gasteiger partial charge in [-0.2, -0.15) is 13.2 Å². The number of aromatic nitrogens is 4. The van der Waals surface area contributed by atoms with Gasteiger partial charge in [0.05, 0.1) is 22.3 Å². The lowest BCUT2D eigenvalue weighted by molar-refractivity contribution is -0.137. The summed E-state index contributed by atoms with van der Waals surface area (Å²) in [5, 5.41) is 2.01. The molecule has 10 aromatic rings. The quantitative estimate of drug-likeness (QED) is 0.161. The zero-order chi connectivity index (χ0) is 43.4. The van der Waals surface area contributed by atoms with Crippen LogP contribution in [-0.4, -0.2) is 19.5 Å². The van der Waals surface area contributed by atoms with Crippen LogP contribution in [0.3, 0.4) is 0 Å².